The SMILES string of the molecule is Cc1c(C(CC(=O)O)c2ccc3c(c2)C(N2Cc4ccccc4OC(C)(C)C2)CC3)ccc2c1nnn2C. The molecule has 2 atom stereocenters. The first-order valence-electron chi connectivity index (χ1n) is 13.3. The van der Waals surface area contributed by atoms with E-state index in [9.17, 15) is 9.90 Å². The number of hydrogen-bond donors (Lipinski definition) is 1. The zero-order valence-electron chi connectivity index (χ0n) is 22.4. The summed E-state index contributed by atoms with van der Waals surface area (Å²) in [7, 11) is 1.87. The van der Waals surface area contributed by atoms with Crippen LogP contribution in [0.15, 0.2) is 54.6 Å². The molecule has 7 heteroatoms. The van der Waals surface area contributed by atoms with Gasteiger partial charge in [0.2, 0.25) is 0 Å². The molecule has 3 aromatic carbocycles. The summed E-state index contributed by atoms with van der Waals surface area (Å²) in [4.78, 5) is 14.6. The van der Waals surface area contributed by atoms with Gasteiger partial charge in [0, 0.05) is 37.7 Å². The fraction of sp³-hybridized carbons (Fsp3) is 0.387. The molecular weight excluding hydrogens is 476 g/mol. The Morgan fingerprint density at radius 3 is 2.79 bits per heavy atom. The minimum atomic E-state index is -0.811. The van der Waals surface area contributed by atoms with Gasteiger partial charge in [0.25, 0.3) is 0 Å². The van der Waals surface area contributed by atoms with Crippen LogP contribution in [0.3, 0.4) is 0 Å². The molecule has 7 nitrogen and oxygen atoms in total. The summed E-state index contributed by atoms with van der Waals surface area (Å²) in [6, 6.07) is 19.2. The van der Waals surface area contributed by atoms with Gasteiger partial charge in [-0.15, -0.1) is 5.10 Å². The number of fused-ring (bicyclic) bond motifs is 3. The van der Waals surface area contributed by atoms with Crippen molar-refractivity contribution in [1.29, 1.82) is 0 Å². The number of aliphatic carboxylic acids is 1. The van der Waals surface area contributed by atoms with E-state index >= 15 is 0 Å². The number of para-hydroxylation sites is 1. The van der Waals surface area contributed by atoms with Gasteiger partial charge >= 0.3 is 5.97 Å². The predicted octanol–water partition coefficient (Wildman–Crippen LogP) is 5.54. The third-order valence-electron chi connectivity index (χ3n) is 8.21. The quantitative estimate of drug-likeness (QED) is 0.380. The Kier molecular flexibility index (Phi) is 5.99. The van der Waals surface area contributed by atoms with Crippen LogP contribution in [0.2, 0.25) is 0 Å². The lowest BCUT2D eigenvalue weighted by Crippen LogP contribution is -2.41. The maximum atomic E-state index is 12.1. The number of nitrogens with zero attached hydrogens (tertiary/aromatic N) is 4. The number of aryl methyl sites for hydroxylation is 3. The molecule has 0 saturated carbocycles. The topological polar surface area (TPSA) is 80.5 Å². The van der Waals surface area contributed by atoms with Crippen LogP contribution in [-0.2, 0) is 24.8 Å². The molecule has 0 bridgehead atoms. The highest BCUT2D eigenvalue weighted by Crippen LogP contribution is 2.43. The van der Waals surface area contributed by atoms with Gasteiger partial charge in [0.15, 0.2) is 0 Å². The van der Waals surface area contributed by atoms with Crippen molar-refractivity contribution in [2.45, 2.75) is 64.1 Å². The van der Waals surface area contributed by atoms with Crippen molar-refractivity contribution in [2.75, 3.05) is 6.54 Å². The third-order valence-corrected chi connectivity index (χ3v) is 8.21. The molecule has 0 amide bonds. The van der Waals surface area contributed by atoms with Crippen molar-refractivity contribution in [1.82, 2.24) is 19.9 Å². The first-order chi connectivity index (χ1) is 18.2. The van der Waals surface area contributed by atoms with Crippen molar-refractivity contribution >= 4 is 17.0 Å². The van der Waals surface area contributed by atoms with E-state index in [4.69, 9.17) is 4.74 Å². The summed E-state index contributed by atoms with van der Waals surface area (Å²) >= 11 is 0. The van der Waals surface area contributed by atoms with Gasteiger partial charge in [-0.25, -0.2) is 4.68 Å². The van der Waals surface area contributed by atoms with E-state index in [1.54, 1.807) is 4.68 Å². The summed E-state index contributed by atoms with van der Waals surface area (Å²) in [6.45, 7) is 7.98. The van der Waals surface area contributed by atoms with Gasteiger partial charge in [-0.3, -0.25) is 9.69 Å². The van der Waals surface area contributed by atoms with Gasteiger partial charge in [0.05, 0.1) is 11.9 Å². The second-order valence-corrected chi connectivity index (χ2v) is 11.4. The Morgan fingerprint density at radius 1 is 1.16 bits per heavy atom. The number of rotatable bonds is 5. The minimum absolute atomic E-state index is 0.0218. The Labute approximate surface area is 223 Å². The molecule has 6 rings (SSSR count). The number of carbonyl (C=O) groups is 1. The van der Waals surface area contributed by atoms with Gasteiger partial charge in [-0.05, 0) is 73.6 Å². The summed E-state index contributed by atoms with van der Waals surface area (Å²) in [5, 5.41) is 18.4. The van der Waals surface area contributed by atoms with Crippen LogP contribution in [0.4, 0.5) is 0 Å². The van der Waals surface area contributed by atoms with Crippen LogP contribution in [0.25, 0.3) is 11.0 Å². The number of ether oxygens (including phenoxy) is 1. The smallest absolute Gasteiger partial charge is 0.304 e. The first-order valence-corrected chi connectivity index (χ1v) is 13.3. The standard InChI is InChI=1S/C31H34N4O3/c1-19-23(12-14-27-30(19)32-33-34(27)4)24(16-29(36)37)21-10-9-20-11-13-26(25(20)15-21)35-17-22-7-5-6-8-28(22)38-31(2,3)18-35/h5-10,12,14-15,24,26H,11,13,16-18H2,1-4H3,(H,36,37). The van der Waals surface area contributed by atoms with Crippen LogP contribution < -0.4 is 4.74 Å². The van der Waals surface area contributed by atoms with E-state index in [1.165, 1.54) is 16.7 Å². The number of benzene rings is 3. The molecule has 0 saturated heterocycles. The van der Waals surface area contributed by atoms with E-state index in [0.717, 1.165) is 59.4 Å². The maximum absolute atomic E-state index is 12.1. The van der Waals surface area contributed by atoms with Gasteiger partial charge < -0.3 is 9.84 Å². The second kappa shape index (κ2) is 9.24. The number of hydrogen-bond acceptors (Lipinski definition) is 5. The molecule has 4 aromatic rings. The van der Waals surface area contributed by atoms with E-state index in [1.807, 2.05) is 32.2 Å². The summed E-state index contributed by atoms with van der Waals surface area (Å²) in [6.07, 6.45) is 2.09. The van der Waals surface area contributed by atoms with Crippen molar-refractivity contribution in [3.05, 3.63) is 88.0 Å². The van der Waals surface area contributed by atoms with E-state index < -0.39 is 5.97 Å². The minimum Gasteiger partial charge on any atom is -0.486 e. The van der Waals surface area contributed by atoms with Crippen molar-refractivity contribution in [3.63, 3.8) is 0 Å². The Hall–Kier alpha value is -3.71. The lowest BCUT2D eigenvalue weighted by Gasteiger charge is -2.34. The van der Waals surface area contributed by atoms with E-state index in [-0.39, 0.29) is 24.0 Å². The summed E-state index contributed by atoms with van der Waals surface area (Å²) in [5.74, 6) is -0.118. The lowest BCUT2D eigenvalue weighted by atomic mass is 9.84. The van der Waals surface area contributed by atoms with Crippen molar-refractivity contribution < 1.29 is 14.6 Å². The molecule has 2 unspecified atom stereocenters. The van der Waals surface area contributed by atoms with Crippen LogP contribution in [-0.4, -0.2) is 43.1 Å². The predicted molar refractivity (Wildman–Crippen MR) is 146 cm³/mol. The van der Waals surface area contributed by atoms with Crippen LogP contribution in [0.1, 0.15) is 72.0 Å². The molecule has 2 heterocycles. The van der Waals surface area contributed by atoms with Crippen LogP contribution in [0.5, 0.6) is 5.75 Å². The zero-order valence-corrected chi connectivity index (χ0v) is 22.4. The Balaban J connectivity index is 1.40. The third kappa shape index (κ3) is 4.35. The molecule has 38 heavy (non-hydrogen) atoms. The zero-order chi connectivity index (χ0) is 26.6. The highest BCUT2D eigenvalue weighted by atomic mass is 16.5. The highest BCUT2D eigenvalue weighted by Gasteiger charge is 2.36. The monoisotopic (exact) mass is 510 g/mol. The fourth-order valence-corrected chi connectivity index (χ4v) is 6.45. The molecule has 1 aliphatic heterocycles. The second-order valence-electron chi connectivity index (χ2n) is 11.4. The molecule has 1 aromatic heterocycles. The maximum Gasteiger partial charge on any atom is 0.304 e. The van der Waals surface area contributed by atoms with Crippen molar-refractivity contribution in [3.8, 4) is 5.75 Å². The van der Waals surface area contributed by atoms with Gasteiger partial charge in [0.1, 0.15) is 16.9 Å². The molecule has 1 N–H and O–H groups in total. The largest absolute Gasteiger partial charge is 0.486 e. The van der Waals surface area contributed by atoms with Crippen LogP contribution >= 0.6 is 0 Å². The average molecular weight is 511 g/mol. The molecular formula is C31H34N4O3. The summed E-state index contributed by atoms with van der Waals surface area (Å²) < 4.78 is 8.17. The highest BCUT2D eigenvalue weighted by molar-refractivity contribution is 5.80. The van der Waals surface area contributed by atoms with E-state index in [0.29, 0.717) is 0 Å². The molecule has 0 fully saturated rings. The van der Waals surface area contributed by atoms with Gasteiger partial charge in [-0.1, -0.05) is 47.7 Å². The molecule has 1 aliphatic carbocycles. The van der Waals surface area contributed by atoms with Crippen LogP contribution in [0, 0.1) is 6.92 Å². The number of carboxylic acids is 1. The normalized spacial score (nSPS) is 19.4. The Morgan fingerprint density at radius 2 is 1.97 bits per heavy atom. The summed E-state index contributed by atoms with van der Waals surface area (Å²) in [5.41, 5.74) is 8.34. The number of aromatic nitrogens is 3. The van der Waals surface area contributed by atoms with Crippen molar-refractivity contribution in [2.24, 2.45) is 7.05 Å². The molecule has 2 aliphatic rings. The lowest BCUT2D eigenvalue weighted by molar-refractivity contribution is -0.137. The molecule has 196 valence electrons. The number of carboxylic acid groups (broad SMARTS) is 1. The first kappa shape index (κ1) is 24.6. The fourth-order valence-electron chi connectivity index (χ4n) is 6.45. The molecule has 0 spiro atoms. The van der Waals surface area contributed by atoms with Gasteiger partial charge in [-0.2, -0.15) is 0 Å². The van der Waals surface area contributed by atoms with E-state index in [2.05, 4.69) is 65.5 Å². The average Bonchev–Trinajstić information content (AvgIpc) is 3.43. The Bertz CT molecular complexity index is 1540. The molecule has 0 radical (unpaired) electrons.